The van der Waals surface area contributed by atoms with Gasteiger partial charge in [0.15, 0.2) is 0 Å². The van der Waals surface area contributed by atoms with Gasteiger partial charge in [0.1, 0.15) is 0 Å². The molecule has 0 bridgehead atoms. The summed E-state index contributed by atoms with van der Waals surface area (Å²) in [6, 6.07) is 5.88. The van der Waals surface area contributed by atoms with E-state index in [0.29, 0.717) is 6.54 Å². The summed E-state index contributed by atoms with van der Waals surface area (Å²) in [6.07, 6.45) is 2.83. The molecule has 1 heterocycles. The second-order valence-electron chi connectivity index (χ2n) is 4.01. The minimum atomic E-state index is 0.0440. The first kappa shape index (κ1) is 10.9. The van der Waals surface area contributed by atoms with Crippen LogP contribution in [0.1, 0.15) is 18.1 Å². The zero-order chi connectivity index (χ0) is 11.7. The van der Waals surface area contributed by atoms with Gasteiger partial charge in [-0.3, -0.25) is 4.79 Å². The van der Waals surface area contributed by atoms with Crippen molar-refractivity contribution in [2.45, 2.75) is 19.9 Å². The van der Waals surface area contributed by atoms with Gasteiger partial charge in [-0.2, -0.15) is 0 Å². The molecule has 0 fully saturated rings. The summed E-state index contributed by atoms with van der Waals surface area (Å²) in [4.78, 5) is 12.0. The van der Waals surface area contributed by atoms with Crippen LogP contribution in [0, 0.1) is 0 Å². The Morgan fingerprint density at radius 1 is 1.31 bits per heavy atom. The number of hydrogen-bond donors (Lipinski definition) is 1. The van der Waals surface area contributed by atoms with Gasteiger partial charge in [-0.1, -0.05) is 19.1 Å². The minimum absolute atomic E-state index is 0.0440. The van der Waals surface area contributed by atoms with Crippen LogP contribution in [0.25, 0.3) is 10.8 Å². The zero-order valence-corrected chi connectivity index (χ0v) is 9.66. The van der Waals surface area contributed by atoms with Gasteiger partial charge in [0.25, 0.3) is 5.56 Å². The fourth-order valence-electron chi connectivity index (χ4n) is 2.01. The topological polar surface area (TPSA) is 48.0 Å². The summed E-state index contributed by atoms with van der Waals surface area (Å²) in [5.74, 6) is 0. The smallest absolute Gasteiger partial charge is 0.258 e. The van der Waals surface area contributed by atoms with Gasteiger partial charge < -0.3 is 10.3 Å². The lowest BCUT2D eigenvalue weighted by Gasteiger charge is -2.08. The van der Waals surface area contributed by atoms with Crippen LogP contribution < -0.4 is 11.3 Å². The lowest BCUT2D eigenvalue weighted by Crippen LogP contribution is -2.17. The van der Waals surface area contributed by atoms with E-state index in [4.69, 9.17) is 5.73 Å². The van der Waals surface area contributed by atoms with Crippen molar-refractivity contribution in [2.24, 2.45) is 12.8 Å². The first-order valence-electron chi connectivity index (χ1n) is 5.48. The first-order chi connectivity index (χ1) is 7.67. The molecule has 0 aliphatic rings. The highest BCUT2D eigenvalue weighted by Crippen LogP contribution is 2.17. The van der Waals surface area contributed by atoms with E-state index >= 15 is 0 Å². The van der Waals surface area contributed by atoms with Crippen LogP contribution in [-0.4, -0.2) is 4.57 Å². The van der Waals surface area contributed by atoms with Gasteiger partial charge in [0, 0.05) is 25.2 Å². The Morgan fingerprint density at radius 3 is 2.69 bits per heavy atom. The molecule has 0 aliphatic heterocycles. The van der Waals surface area contributed by atoms with Crippen molar-refractivity contribution < 1.29 is 0 Å². The maximum Gasteiger partial charge on any atom is 0.258 e. The first-order valence-corrected chi connectivity index (χ1v) is 5.48. The van der Waals surface area contributed by atoms with E-state index in [1.165, 1.54) is 5.56 Å². The number of nitrogens with zero attached hydrogens (tertiary/aromatic N) is 1. The highest BCUT2D eigenvalue weighted by Gasteiger charge is 2.06. The van der Waals surface area contributed by atoms with Crippen molar-refractivity contribution >= 4 is 10.8 Å². The van der Waals surface area contributed by atoms with Gasteiger partial charge >= 0.3 is 0 Å². The number of aromatic nitrogens is 1. The van der Waals surface area contributed by atoms with E-state index in [-0.39, 0.29) is 5.56 Å². The van der Waals surface area contributed by atoms with E-state index in [2.05, 4.69) is 6.92 Å². The van der Waals surface area contributed by atoms with E-state index in [1.54, 1.807) is 11.6 Å². The monoisotopic (exact) mass is 216 g/mol. The van der Waals surface area contributed by atoms with Gasteiger partial charge in [-0.05, 0) is 29.0 Å². The maximum atomic E-state index is 12.0. The Morgan fingerprint density at radius 2 is 2.06 bits per heavy atom. The molecule has 0 unspecified atom stereocenters. The Balaban J connectivity index is 2.88. The molecule has 1 aromatic carbocycles. The average Bonchev–Trinajstić information content (AvgIpc) is 2.33. The summed E-state index contributed by atoms with van der Waals surface area (Å²) in [7, 11) is 1.79. The van der Waals surface area contributed by atoms with Crippen molar-refractivity contribution in [3.8, 4) is 0 Å². The summed E-state index contributed by atoms with van der Waals surface area (Å²) in [6.45, 7) is 2.56. The lowest BCUT2D eigenvalue weighted by atomic mass is 10.0. The second-order valence-corrected chi connectivity index (χ2v) is 4.01. The van der Waals surface area contributed by atoms with Crippen molar-refractivity contribution in [3.05, 3.63) is 45.9 Å². The van der Waals surface area contributed by atoms with Crippen LogP contribution in [0.5, 0.6) is 0 Å². The van der Waals surface area contributed by atoms with Crippen molar-refractivity contribution in [2.75, 3.05) is 0 Å². The van der Waals surface area contributed by atoms with Crippen LogP contribution in [0.15, 0.2) is 29.2 Å². The standard InChI is InChI=1S/C13H16N2O/c1-3-10-8-15(2)13(16)12-6-9(7-14)4-5-11(10)12/h4-6,8H,3,7,14H2,1-2H3. The van der Waals surface area contributed by atoms with Gasteiger partial charge in [0.05, 0.1) is 0 Å². The molecule has 0 saturated heterocycles. The van der Waals surface area contributed by atoms with E-state index < -0.39 is 0 Å². The summed E-state index contributed by atoms with van der Waals surface area (Å²) >= 11 is 0. The molecule has 3 heteroatoms. The molecule has 0 spiro atoms. The molecule has 2 N–H and O–H groups in total. The predicted molar refractivity (Wildman–Crippen MR) is 66.5 cm³/mol. The van der Waals surface area contributed by atoms with Gasteiger partial charge in [-0.25, -0.2) is 0 Å². The number of pyridine rings is 1. The highest BCUT2D eigenvalue weighted by molar-refractivity contribution is 5.85. The fourth-order valence-corrected chi connectivity index (χ4v) is 2.01. The second kappa shape index (κ2) is 4.10. The lowest BCUT2D eigenvalue weighted by molar-refractivity contribution is 0.856. The third-order valence-electron chi connectivity index (χ3n) is 2.95. The molecule has 84 valence electrons. The van der Waals surface area contributed by atoms with Crippen LogP contribution in [-0.2, 0) is 20.0 Å². The molecule has 0 aliphatic carbocycles. The van der Waals surface area contributed by atoms with Crippen molar-refractivity contribution in [3.63, 3.8) is 0 Å². The average molecular weight is 216 g/mol. The molecule has 0 saturated carbocycles. The summed E-state index contributed by atoms with van der Waals surface area (Å²) in [5, 5.41) is 1.81. The van der Waals surface area contributed by atoms with Crippen LogP contribution >= 0.6 is 0 Å². The van der Waals surface area contributed by atoms with Gasteiger partial charge in [-0.15, -0.1) is 0 Å². The molecule has 2 aromatic rings. The Bertz CT molecular complexity index is 584. The van der Waals surface area contributed by atoms with Gasteiger partial charge in [0.2, 0.25) is 0 Å². The maximum absolute atomic E-state index is 12.0. The molecule has 1 aromatic heterocycles. The summed E-state index contributed by atoms with van der Waals surface area (Å²) < 4.78 is 1.64. The van der Waals surface area contributed by atoms with E-state index in [1.807, 2.05) is 24.4 Å². The highest BCUT2D eigenvalue weighted by atomic mass is 16.1. The van der Waals surface area contributed by atoms with E-state index in [0.717, 1.165) is 22.8 Å². The van der Waals surface area contributed by atoms with Crippen LogP contribution in [0.3, 0.4) is 0 Å². The number of benzene rings is 1. The van der Waals surface area contributed by atoms with Crippen LogP contribution in [0.2, 0.25) is 0 Å². The fraction of sp³-hybridized carbons (Fsp3) is 0.308. The Hall–Kier alpha value is -1.61. The molecular formula is C13H16N2O. The molecule has 0 amide bonds. The number of aryl methyl sites for hydroxylation is 2. The minimum Gasteiger partial charge on any atom is -0.326 e. The quantitative estimate of drug-likeness (QED) is 0.828. The predicted octanol–water partition coefficient (Wildman–Crippen LogP) is 1.56. The normalized spacial score (nSPS) is 10.9. The summed E-state index contributed by atoms with van der Waals surface area (Å²) in [5.41, 5.74) is 7.83. The molecule has 0 radical (unpaired) electrons. The van der Waals surface area contributed by atoms with Crippen molar-refractivity contribution in [1.29, 1.82) is 0 Å². The molecule has 0 atom stereocenters. The third-order valence-corrected chi connectivity index (χ3v) is 2.95. The molecule has 2 rings (SSSR count). The van der Waals surface area contributed by atoms with Crippen molar-refractivity contribution in [1.82, 2.24) is 4.57 Å². The van der Waals surface area contributed by atoms with Crippen LogP contribution in [0.4, 0.5) is 0 Å². The molecular weight excluding hydrogens is 200 g/mol. The molecule has 16 heavy (non-hydrogen) atoms. The number of nitrogens with two attached hydrogens (primary N) is 1. The number of hydrogen-bond acceptors (Lipinski definition) is 2. The molecule has 3 nitrogen and oxygen atoms in total. The Labute approximate surface area is 94.5 Å². The Kier molecular flexibility index (Phi) is 2.79. The SMILES string of the molecule is CCc1cn(C)c(=O)c2cc(CN)ccc12. The number of rotatable bonds is 2. The number of fused-ring (bicyclic) bond motifs is 1. The largest absolute Gasteiger partial charge is 0.326 e. The van der Waals surface area contributed by atoms with E-state index in [9.17, 15) is 4.79 Å². The third kappa shape index (κ3) is 1.63. The zero-order valence-electron chi connectivity index (χ0n) is 9.66.